The number of likely N-dealkylation sites (tertiary alicyclic amines) is 1. The lowest BCUT2D eigenvalue weighted by Crippen LogP contribution is -2.37. The van der Waals surface area contributed by atoms with Crippen LogP contribution in [-0.4, -0.2) is 41.4 Å². The van der Waals surface area contributed by atoms with Crippen LogP contribution >= 0.6 is 0 Å². The number of aliphatic hydroxyl groups excluding tert-OH is 1. The fourth-order valence-corrected chi connectivity index (χ4v) is 3.14. The molecule has 0 unspecified atom stereocenters. The van der Waals surface area contributed by atoms with E-state index < -0.39 is 5.60 Å². The molecule has 1 N–H and O–H groups in total. The number of rotatable bonds is 1. The summed E-state index contributed by atoms with van der Waals surface area (Å²) in [5.41, 5.74) is -0.488. The summed E-state index contributed by atoms with van der Waals surface area (Å²) in [6.07, 6.45) is 3.10. The first kappa shape index (κ1) is 12.7. The van der Waals surface area contributed by atoms with Gasteiger partial charge in [-0.25, -0.2) is 4.79 Å². The average Bonchev–Trinajstić information content (AvgIpc) is 2.70. The van der Waals surface area contributed by atoms with Crippen molar-refractivity contribution in [1.82, 2.24) is 4.90 Å². The van der Waals surface area contributed by atoms with Gasteiger partial charge >= 0.3 is 6.09 Å². The standard InChI is InChI=1S/C13H23NO3/c1-12(2,3)17-11(16)14-7-10-5-4-6-13(10,8-14)9-15/h10,15H,4-9H2,1-3H3/t10-,13+/m1/s1. The van der Waals surface area contributed by atoms with E-state index in [1.165, 1.54) is 6.42 Å². The van der Waals surface area contributed by atoms with Gasteiger partial charge in [0.25, 0.3) is 0 Å². The normalized spacial score (nSPS) is 32.7. The Labute approximate surface area is 103 Å². The zero-order valence-corrected chi connectivity index (χ0v) is 11.0. The van der Waals surface area contributed by atoms with Crippen LogP contribution < -0.4 is 0 Å². The SMILES string of the molecule is CC(C)(C)OC(=O)N1C[C@H]2CCC[C@@]2(CO)C1. The smallest absolute Gasteiger partial charge is 0.410 e. The van der Waals surface area contributed by atoms with Crippen molar-refractivity contribution in [3.63, 3.8) is 0 Å². The molecule has 1 aliphatic heterocycles. The summed E-state index contributed by atoms with van der Waals surface area (Å²) in [5.74, 6) is 0.458. The highest BCUT2D eigenvalue weighted by atomic mass is 16.6. The van der Waals surface area contributed by atoms with Gasteiger partial charge in [0, 0.05) is 18.5 Å². The topological polar surface area (TPSA) is 49.8 Å². The third-order valence-electron chi connectivity index (χ3n) is 4.01. The molecule has 2 aliphatic rings. The van der Waals surface area contributed by atoms with Crippen molar-refractivity contribution < 1.29 is 14.6 Å². The Morgan fingerprint density at radius 3 is 2.76 bits per heavy atom. The van der Waals surface area contributed by atoms with Crippen LogP contribution in [-0.2, 0) is 4.74 Å². The Kier molecular flexibility index (Phi) is 3.10. The molecule has 1 heterocycles. The molecule has 1 saturated heterocycles. The first-order chi connectivity index (χ1) is 7.86. The number of amides is 1. The van der Waals surface area contributed by atoms with Crippen molar-refractivity contribution >= 4 is 6.09 Å². The molecule has 0 aromatic rings. The number of fused-ring (bicyclic) bond motifs is 1. The quantitative estimate of drug-likeness (QED) is 0.764. The Balaban J connectivity index is 2.00. The van der Waals surface area contributed by atoms with Gasteiger partial charge in [-0.05, 0) is 39.5 Å². The highest BCUT2D eigenvalue weighted by Gasteiger charge is 2.50. The van der Waals surface area contributed by atoms with Gasteiger partial charge in [0.2, 0.25) is 0 Å². The molecule has 1 amide bonds. The number of ether oxygens (including phenoxy) is 1. The largest absolute Gasteiger partial charge is 0.444 e. The first-order valence-electron chi connectivity index (χ1n) is 6.45. The number of nitrogens with zero attached hydrogens (tertiary/aromatic N) is 1. The maximum atomic E-state index is 12.0. The minimum Gasteiger partial charge on any atom is -0.444 e. The van der Waals surface area contributed by atoms with Crippen LogP contribution in [0.5, 0.6) is 0 Å². The van der Waals surface area contributed by atoms with E-state index in [2.05, 4.69) is 0 Å². The highest BCUT2D eigenvalue weighted by Crippen LogP contribution is 2.48. The van der Waals surface area contributed by atoms with Crippen LogP contribution in [0.25, 0.3) is 0 Å². The lowest BCUT2D eigenvalue weighted by molar-refractivity contribution is 0.0251. The van der Waals surface area contributed by atoms with E-state index in [0.29, 0.717) is 12.5 Å². The van der Waals surface area contributed by atoms with Crippen molar-refractivity contribution in [2.45, 2.75) is 45.6 Å². The van der Waals surface area contributed by atoms with Gasteiger partial charge in [0.1, 0.15) is 5.60 Å². The zero-order valence-electron chi connectivity index (χ0n) is 11.0. The molecule has 2 rings (SSSR count). The number of aliphatic hydroxyl groups is 1. The second-order valence-corrected chi connectivity index (χ2v) is 6.47. The molecule has 2 atom stereocenters. The molecule has 0 aromatic heterocycles. The molecule has 1 aliphatic carbocycles. The summed E-state index contributed by atoms with van der Waals surface area (Å²) < 4.78 is 5.38. The third kappa shape index (κ3) is 2.41. The van der Waals surface area contributed by atoms with Crippen LogP contribution in [0.15, 0.2) is 0 Å². The first-order valence-corrected chi connectivity index (χ1v) is 6.45. The summed E-state index contributed by atoms with van der Waals surface area (Å²) in [6, 6.07) is 0. The highest BCUT2D eigenvalue weighted by molar-refractivity contribution is 5.68. The Morgan fingerprint density at radius 1 is 1.53 bits per heavy atom. The van der Waals surface area contributed by atoms with Gasteiger partial charge < -0.3 is 14.7 Å². The summed E-state index contributed by atoms with van der Waals surface area (Å²) in [7, 11) is 0. The van der Waals surface area contributed by atoms with Gasteiger partial charge in [0.05, 0.1) is 6.61 Å². The minimum atomic E-state index is -0.443. The molecular weight excluding hydrogens is 218 g/mol. The van der Waals surface area contributed by atoms with Gasteiger partial charge in [-0.15, -0.1) is 0 Å². The maximum Gasteiger partial charge on any atom is 0.410 e. The molecule has 0 radical (unpaired) electrons. The molecule has 0 bridgehead atoms. The van der Waals surface area contributed by atoms with Gasteiger partial charge in [-0.2, -0.15) is 0 Å². The van der Waals surface area contributed by atoms with Crippen LogP contribution in [0.1, 0.15) is 40.0 Å². The summed E-state index contributed by atoms with van der Waals surface area (Å²) in [4.78, 5) is 13.7. The van der Waals surface area contributed by atoms with E-state index in [1.807, 2.05) is 20.8 Å². The molecule has 17 heavy (non-hydrogen) atoms. The number of hydrogen-bond acceptors (Lipinski definition) is 3. The third-order valence-corrected chi connectivity index (χ3v) is 4.01. The summed E-state index contributed by atoms with van der Waals surface area (Å²) >= 11 is 0. The molecule has 0 spiro atoms. The lowest BCUT2D eigenvalue weighted by Gasteiger charge is -2.27. The summed E-state index contributed by atoms with van der Waals surface area (Å²) in [6.45, 7) is 7.23. The van der Waals surface area contributed by atoms with Gasteiger partial charge in [-0.1, -0.05) is 6.42 Å². The lowest BCUT2D eigenvalue weighted by atomic mass is 9.82. The van der Waals surface area contributed by atoms with E-state index in [-0.39, 0.29) is 18.1 Å². The predicted molar refractivity (Wildman–Crippen MR) is 64.7 cm³/mol. The molecule has 4 nitrogen and oxygen atoms in total. The van der Waals surface area contributed by atoms with Crippen molar-refractivity contribution in [3.8, 4) is 0 Å². The van der Waals surface area contributed by atoms with E-state index in [9.17, 15) is 9.90 Å². The molecule has 98 valence electrons. The monoisotopic (exact) mass is 241 g/mol. The van der Waals surface area contributed by atoms with E-state index in [4.69, 9.17) is 4.74 Å². The fraction of sp³-hybridized carbons (Fsp3) is 0.923. The van der Waals surface area contributed by atoms with E-state index in [0.717, 1.165) is 19.4 Å². The fourth-order valence-electron chi connectivity index (χ4n) is 3.14. The predicted octanol–water partition coefficient (Wildman–Crippen LogP) is 2.02. The molecule has 4 heteroatoms. The van der Waals surface area contributed by atoms with Crippen LogP contribution in [0.3, 0.4) is 0 Å². The van der Waals surface area contributed by atoms with E-state index in [1.54, 1.807) is 4.90 Å². The van der Waals surface area contributed by atoms with Crippen molar-refractivity contribution in [3.05, 3.63) is 0 Å². The second kappa shape index (κ2) is 4.16. The van der Waals surface area contributed by atoms with Crippen molar-refractivity contribution in [2.75, 3.05) is 19.7 Å². The zero-order chi connectivity index (χ0) is 12.7. The van der Waals surface area contributed by atoms with Crippen molar-refractivity contribution in [2.24, 2.45) is 11.3 Å². The van der Waals surface area contributed by atoms with Crippen LogP contribution in [0.2, 0.25) is 0 Å². The van der Waals surface area contributed by atoms with Gasteiger partial charge in [-0.3, -0.25) is 0 Å². The number of carbonyl (C=O) groups is 1. The van der Waals surface area contributed by atoms with Crippen LogP contribution in [0, 0.1) is 11.3 Å². The average molecular weight is 241 g/mol. The van der Waals surface area contributed by atoms with Crippen LogP contribution in [0.4, 0.5) is 4.79 Å². The molecule has 0 aromatic carbocycles. The molecular formula is C13H23NO3. The Hall–Kier alpha value is -0.770. The van der Waals surface area contributed by atoms with Gasteiger partial charge in [0.15, 0.2) is 0 Å². The second-order valence-electron chi connectivity index (χ2n) is 6.47. The van der Waals surface area contributed by atoms with E-state index >= 15 is 0 Å². The molecule has 1 saturated carbocycles. The molecule has 2 fully saturated rings. The number of carbonyl (C=O) groups excluding carboxylic acids is 1. The van der Waals surface area contributed by atoms with Crippen molar-refractivity contribution in [1.29, 1.82) is 0 Å². The maximum absolute atomic E-state index is 12.0. The minimum absolute atomic E-state index is 0.0447. The number of hydrogen-bond donors (Lipinski definition) is 1. The Bertz CT molecular complexity index is 310. The summed E-state index contributed by atoms with van der Waals surface area (Å²) in [5, 5.41) is 9.58. The Morgan fingerprint density at radius 2 is 2.24 bits per heavy atom.